The molecule has 0 saturated heterocycles. The Morgan fingerprint density at radius 2 is 1.61 bits per heavy atom. The van der Waals surface area contributed by atoms with Crippen LogP contribution in [0.25, 0.3) is 53.1 Å². The van der Waals surface area contributed by atoms with E-state index in [9.17, 15) is 4.79 Å². The molecule has 2 heterocycles. The number of fused-ring (bicyclic) bond motifs is 6. The van der Waals surface area contributed by atoms with E-state index in [-0.39, 0.29) is 31.6 Å². The number of nitrogens with zero attached hydrogens (tertiary/aromatic N) is 1. The van der Waals surface area contributed by atoms with Gasteiger partial charge in [-0.15, -0.1) is 0 Å². The summed E-state index contributed by atoms with van der Waals surface area (Å²) in [5.74, 6) is 7.40. The second-order valence-electron chi connectivity index (χ2n) is 11.4. The third kappa shape index (κ3) is 6.14. The normalized spacial score (nSPS) is 11.9. The van der Waals surface area contributed by atoms with Gasteiger partial charge in [0.05, 0.1) is 5.76 Å². The average Bonchev–Trinajstić information content (AvgIpc) is 3.26. The van der Waals surface area contributed by atoms with Crippen LogP contribution in [0.4, 0.5) is 0 Å². The third-order valence-corrected chi connectivity index (χ3v) is 12.5. The molecule has 0 spiro atoms. The standard InChI is InChI=1S/C30H26GeNS.C5H8O2.Ir/c1-19-16-23-22-12-8-9-13-28(22)33-30(23)24(17-19)27-18-25(31(2,3)4)29-21-11-7-6-10-20(21)14-15-26(29)32(27)5;1-4(6)3-5(2)7;/h6-16,18H,5H2,1-4H3;3,6H,1-2H3;/q-1;;/b;4-3-;. The van der Waals surface area contributed by atoms with Gasteiger partial charge in [0.25, 0.3) is 0 Å². The number of benzene rings is 4. The number of hydrogen-bond acceptors (Lipinski definition) is 3. The molecule has 3 nitrogen and oxygen atoms in total. The van der Waals surface area contributed by atoms with E-state index < -0.39 is 13.3 Å². The van der Waals surface area contributed by atoms with Gasteiger partial charge in [-0.3, -0.25) is 4.79 Å². The van der Waals surface area contributed by atoms with E-state index in [0.29, 0.717) is 0 Å². The molecule has 0 bridgehead atoms. The van der Waals surface area contributed by atoms with Crippen molar-refractivity contribution in [1.82, 2.24) is 0 Å². The number of rotatable bonds is 3. The molecule has 2 aromatic heterocycles. The van der Waals surface area contributed by atoms with Crippen molar-refractivity contribution in [2.75, 3.05) is 0 Å². The molecule has 0 aliphatic carbocycles. The number of pyridine rings is 1. The Bertz CT molecular complexity index is 1960. The molecule has 6 rings (SSSR count). The van der Waals surface area contributed by atoms with Crippen molar-refractivity contribution in [2.24, 2.45) is 0 Å². The van der Waals surface area contributed by atoms with E-state index in [0.717, 1.165) is 5.69 Å². The number of ketones is 1. The van der Waals surface area contributed by atoms with Gasteiger partial charge in [0.15, 0.2) is 5.78 Å². The van der Waals surface area contributed by atoms with Crippen LogP contribution in [0, 0.1) is 20.0 Å². The zero-order valence-corrected chi connectivity index (χ0v) is 29.6. The third-order valence-electron chi connectivity index (χ3n) is 7.06. The van der Waals surface area contributed by atoms with Crippen LogP contribution in [-0.2, 0) is 24.9 Å². The van der Waals surface area contributed by atoms with Crippen LogP contribution >= 0.6 is 11.3 Å². The van der Waals surface area contributed by atoms with E-state index in [1.807, 2.05) is 11.3 Å². The number of aliphatic hydroxyl groups is 1. The molecule has 0 saturated carbocycles. The average molecular weight is 798 g/mol. The van der Waals surface area contributed by atoms with Gasteiger partial charge >= 0.3 is 202 Å². The van der Waals surface area contributed by atoms with Crippen molar-refractivity contribution in [3.8, 4) is 11.3 Å². The zero-order chi connectivity index (χ0) is 28.8. The molecule has 211 valence electrons. The summed E-state index contributed by atoms with van der Waals surface area (Å²) >= 11 is -0.378. The van der Waals surface area contributed by atoms with Gasteiger partial charge in [-0.2, -0.15) is 0 Å². The topological polar surface area (TPSA) is 41.2 Å². The van der Waals surface area contributed by atoms with E-state index in [1.165, 1.54) is 77.3 Å². The first-order valence-corrected chi connectivity index (χ1v) is 21.6. The summed E-state index contributed by atoms with van der Waals surface area (Å²) in [6.07, 6.45) is 1.17. The molecule has 0 fully saturated rings. The fourth-order valence-corrected chi connectivity index (χ4v) is 9.87. The molecule has 0 amide bonds. The number of carbonyl (C=O) groups excluding carboxylic acids is 1. The first-order chi connectivity index (χ1) is 19.0. The summed E-state index contributed by atoms with van der Waals surface area (Å²) in [7, 11) is 4.57. The van der Waals surface area contributed by atoms with Crippen molar-refractivity contribution in [3.05, 3.63) is 103 Å². The Kier molecular flexibility index (Phi) is 9.15. The molecule has 6 heteroatoms. The van der Waals surface area contributed by atoms with Gasteiger partial charge in [-0.05, 0) is 13.8 Å². The van der Waals surface area contributed by atoms with Crippen LogP contribution in [0.15, 0.2) is 84.6 Å². The minimum atomic E-state index is -2.24. The van der Waals surface area contributed by atoms with Gasteiger partial charge in [0.2, 0.25) is 0 Å². The van der Waals surface area contributed by atoms with Gasteiger partial charge in [-0.1, -0.05) is 0 Å². The summed E-state index contributed by atoms with van der Waals surface area (Å²) in [6, 6.07) is 30.4. The minimum absolute atomic E-state index is 0. The molecule has 0 atom stereocenters. The maximum Gasteiger partial charge on any atom is 0 e. The summed E-state index contributed by atoms with van der Waals surface area (Å²) < 4.78 is 6.30. The van der Waals surface area contributed by atoms with Crippen LogP contribution in [-0.4, -0.2) is 24.2 Å². The monoisotopic (exact) mass is 799 g/mol. The molecule has 4 aromatic carbocycles. The molecule has 41 heavy (non-hydrogen) atoms. The number of aliphatic hydroxyl groups excluding tert-OH is 1. The second-order valence-corrected chi connectivity index (χ2v) is 23.0. The largest absolute Gasteiger partial charge is 0 e. The van der Waals surface area contributed by atoms with Crippen molar-refractivity contribution in [1.29, 1.82) is 0 Å². The zero-order valence-electron chi connectivity index (χ0n) is 24.3. The smallest absolute Gasteiger partial charge is 0 e. The molecule has 0 aliphatic heterocycles. The van der Waals surface area contributed by atoms with Gasteiger partial charge in [0.1, 0.15) is 0 Å². The molecule has 1 N–H and O–H groups in total. The first-order valence-electron chi connectivity index (χ1n) is 13.4. The van der Waals surface area contributed by atoms with Crippen LogP contribution in [0.1, 0.15) is 19.4 Å². The Balaban J connectivity index is 0.000000434. The number of aromatic nitrogens is 1. The van der Waals surface area contributed by atoms with Crippen molar-refractivity contribution < 1.29 is 34.6 Å². The second kappa shape index (κ2) is 12.1. The Labute approximate surface area is 262 Å². The Hall–Kier alpha value is -2.96. The van der Waals surface area contributed by atoms with E-state index in [2.05, 4.69) is 115 Å². The fraction of sp³-hybridized carbons (Fsp3) is 0.171. The summed E-state index contributed by atoms with van der Waals surface area (Å²) in [6.45, 7) is 5.00. The number of aryl methyl sites for hydroxylation is 1. The fourth-order valence-electron chi connectivity index (χ4n) is 5.36. The SMILES string of the molecule is CC(=O)/C=C(/C)O.[CH2-][n+]1c(-c2[c-]c(C)cc3c2sc2ccccc23)c[c]([Ge]([CH3])([CH3])[CH3])c2c3ccccc3ccc21.[Ir]. The summed E-state index contributed by atoms with van der Waals surface area (Å²) in [5.41, 5.74) is 4.70. The van der Waals surface area contributed by atoms with Crippen LogP contribution in [0.3, 0.4) is 0 Å². The summed E-state index contributed by atoms with van der Waals surface area (Å²) in [4.78, 5) is 10.0. The number of carbonyl (C=O) groups is 1. The molecule has 0 unspecified atom stereocenters. The molecular formula is C35H34GeIrNO2S-. The van der Waals surface area contributed by atoms with E-state index >= 15 is 0 Å². The van der Waals surface area contributed by atoms with Gasteiger partial charge < -0.3 is 5.11 Å². The predicted molar refractivity (Wildman–Crippen MR) is 174 cm³/mol. The van der Waals surface area contributed by atoms with Crippen molar-refractivity contribution in [3.63, 3.8) is 0 Å². The predicted octanol–water partition coefficient (Wildman–Crippen LogP) is 8.64. The van der Waals surface area contributed by atoms with Crippen molar-refractivity contribution in [2.45, 2.75) is 38.0 Å². The minimum Gasteiger partial charge on any atom is 0 e. The number of allylic oxidation sites excluding steroid dienone is 2. The Morgan fingerprint density at radius 1 is 0.951 bits per heavy atom. The maximum atomic E-state index is 10.0. The van der Waals surface area contributed by atoms with Crippen LogP contribution in [0.2, 0.25) is 17.3 Å². The summed E-state index contributed by atoms with van der Waals surface area (Å²) in [5, 5.41) is 15.0. The van der Waals surface area contributed by atoms with E-state index in [4.69, 9.17) is 5.11 Å². The molecule has 1 radical (unpaired) electrons. The van der Waals surface area contributed by atoms with Crippen molar-refractivity contribution >= 4 is 76.6 Å². The van der Waals surface area contributed by atoms with Gasteiger partial charge in [-0.25, -0.2) is 0 Å². The molecular weight excluding hydrogens is 763 g/mol. The number of thiophene rings is 1. The van der Waals surface area contributed by atoms with E-state index in [1.54, 1.807) is 0 Å². The van der Waals surface area contributed by atoms with Crippen LogP contribution in [0.5, 0.6) is 0 Å². The Morgan fingerprint density at radius 3 is 2.24 bits per heavy atom. The van der Waals surface area contributed by atoms with Crippen LogP contribution < -0.4 is 8.96 Å². The number of hydrogen-bond donors (Lipinski definition) is 1. The molecule has 0 aliphatic rings. The first kappa shape index (κ1) is 31.0. The molecule has 6 aromatic rings. The van der Waals surface area contributed by atoms with Gasteiger partial charge in [0, 0.05) is 26.2 Å². The quantitative estimate of drug-likeness (QED) is 0.0487. The maximum absolute atomic E-state index is 10.0.